The van der Waals surface area contributed by atoms with Crippen LogP contribution in [0.1, 0.15) is 68.4 Å². The molecule has 2 saturated heterocycles. The van der Waals surface area contributed by atoms with Gasteiger partial charge in [0.05, 0.1) is 39.3 Å². The molecule has 3 aromatic rings. The van der Waals surface area contributed by atoms with E-state index in [0.717, 1.165) is 41.4 Å². The molecule has 0 saturated carbocycles. The SMILES string of the molecule is CC(C)(c1ccc(OCC2CO2)cc1)c1ccc(OCC2CO2)cc1.CC(N)COCC(C)N.Cc1c2c(cc3c1OC(=O)CC3)CCC(=O)O2. The molecule has 4 N–H and O–H groups in total. The van der Waals surface area contributed by atoms with Crippen LogP contribution in [0.5, 0.6) is 23.0 Å². The summed E-state index contributed by atoms with van der Waals surface area (Å²) in [6.07, 6.45) is 2.81. The summed E-state index contributed by atoms with van der Waals surface area (Å²) >= 11 is 0. The lowest BCUT2D eigenvalue weighted by atomic mass is 9.78. The molecule has 11 heteroatoms. The Morgan fingerprint density at radius 3 is 1.45 bits per heavy atom. The second kappa shape index (κ2) is 17.5. The predicted octanol–water partition coefficient (Wildman–Crippen LogP) is 4.96. The smallest absolute Gasteiger partial charge is 0.311 e. The number of benzene rings is 3. The van der Waals surface area contributed by atoms with E-state index in [1.54, 1.807) is 0 Å². The zero-order valence-corrected chi connectivity index (χ0v) is 30.4. The van der Waals surface area contributed by atoms with Crippen LogP contribution < -0.4 is 30.4 Å². The third kappa shape index (κ3) is 11.5. The lowest BCUT2D eigenvalue weighted by Crippen LogP contribution is -2.27. The molecule has 0 amide bonds. The van der Waals surface area contributed by atoms with Gasteiger partial charge in [-0.25, -0.2) is 0 Å². The topological polar surface area (TPSA) is 157 Å². The first-order valence-electron chi connectivity index (χ1n) is 17.7. The van der Waals surface area contributed by atoms with Gasteiger partial charge in [-0.1, -0.05) is 38.1 Å². The molecule has 0 aliphatic carbocycles. The molecule has 0 spiro atoms. The second-order valence-corrected chi connectivity index (χ2v) is 14.1. The number of epoxide rings is 2. The number of esters is 2. The fourth-order valence-corrected chi connectivity index (χ4v) is 5.63. The number of carbonyl (C=O) groups is 2. The Kier molecular flexibility index (Phi) is 13.1. The normalized spacial score (nSPS) is 19.7. The Bertz CT molecular complexity index is 1500. The maximum absolute atomic E-state index is 11.3. The van der Waals surface area contributed by atoms with E-state index < -0.39 is 0 Å². The third-order valence-electron chi connectivity index (χ3n) is 8.83. The maximum atomic E-state index is 11.3. The summed E-state index contributed by atoms with van der Waals surface area (Å²) in [5, 5.41) is 0. The number of carbonyl (C=O) groups excluding carboxylic acids is 2. The van der Waals surface area contributed by atoms with Crippen LogP contribution in [-0.4, -0.2) is 75.9 Å². The Morgan fingerprint density at radius 2 is 1.10 bits per heavy atom. The summed E-state index contributed by atoms with van der Waals surface area (Å²) in [6, 6.07) is 18.9. The lowest BCUT2D eigenvalue weighted by molar-refractivity contribution is -0.135. The van der Waals surface area contributed by atoms with Crippen molar-refractivity contribution < 1.29 is 42.7 Å². The van der Waals surface area contributed by atoms with Crippen LogP contribution in [0.25, 0.3) is 0 Å². The van der Waals surface area contributed by atoms with Crippen LogP contribution in [0.15, 0.2) is 54.6 Å². The zero-order chi connectivity index (χ0) is 36.5. The summed E-state index contributed by atoms with van der Waals surface area (Å²) in [4.78, 5) is 22.6. The minimum Gasteiger partial charge on any atom is -0.491 e. The van der Waals surface area contributed by atoms with Crippen molar-refractivity contribution in [3.05, 3.63) is 82.4 Å². The van der Waals surface area contributed by atoms with Crippen molar-refractivity contribution in [2.24, 2.45) is 11.5 Å². The lowest BCUT2D eigenvalue weighted by Gasteiger charge is -2.26. The molecule has 51 heavy (non-hydrogen) atoms. The quantitative estimate of drug-likeness (QED) is 0.149. The van der Waals surface area contributed by atoms with E-state index in [1.807, 2.05) is 51.1 Å². The summed E-state index contributed by atoms with van der Waals surface area (Å²) in [5.74, 6) is 2.50. The van der Waals surface area contributed by atoms with Gasteiger partial charge in [0.25, 0.3) is 0 Å². The number of fused-ring (bicyclic) bond motifs is 2. The van der Waals surface area contributed by atoms with E-state index in [4.69, 9.17) is 44.6 Å². The van der Waals surface area contributed by atoms with E-state index in [1.165, 1.54) is 11.1 Å². The van der Waals surface area contributed by atoms with Crippen molar-refractivity contribution in [3.63, 3.8) is 0 Å². The highest BCUT2D eigenvalue weighted by Gasteiger charge is 2.28. The average molecular weight is 705 g/mol. The Balaban J connectivity index is 0.000000167. The number of hydrogen-bond donors (Lipinski definition) is 2. The van der Waals surface area contributed by atoms with Crippen LogP contribution >= 0.6 is 0 Å². The van der Waals surface area contributed by atoms with Crippen LogP contribution in [0, 0.1) is 6.92 Å². The van der Waals surface area contributed by atoms with E-state index in [2.05, 4.69) is 38.1 Å². The maximum Gasteiger partial charge on any atom is 0.311 e. The second-order valence-electron chi connectivity index (χ2n) is 14.1. The van der Waals surface area contributed by atoms with Gasteiger partial charge in [0, 0.05) is 23.1 Å². The molecule has 0 aromatic heterocycles. The van der Waals surface area contributed by atoms with E-state index >= 15 is 0 Å². The minimum absolute atomic E-state index is 0.0870. The third-order valence-corrected chi connectivity index (χ3v) is 8.83. The van der Waals surface area contributed by atoms with E-state index in [-0.39, 0.29) is 41.6 Å². The molecule has 4 heterocycles. The van der Waals surface area contributed by atoms with Gasteiger partial charge in [-0.15, -0.1) is 0 Å². The fourth-order valence-electron chi connectivity index (χ4n) is 5.63. The Labute approximate surface area is 300 Å². The van der Waals surface area contributed by atoms with E-state index in [9.17, 15) is 9.59 Å². The van der Waals surface area contributed by atoms with Crippen molar-refractivity contribution >= 4 is 11.9 Å². The Morgan fingerprint density at radius 1 is 0.706 bits per heavy atom. The average Bonchev–Trinajstić information content (AvgIpc) is 4.04. The minimum atomic E-state index is -0.220. The van der Waals surface area contributed by atoms with Crippen molar-refractivity contribution in [1.82, 2.24) is 0 Å². The van der Waals surface area contributed by atoms with Crippen LogP contribution in [0.2, 0.25) is 0 Å². The molecular formula is C40H52N2O9. The zero-order valence-electron chi connectivity index (χ0n) is 30.4. The highest BCUT2D eigenvalue weighted by molar-refractivity contribution is 5.80. The molecule has 276 valence electrons. The highest BCUT2D eigenvalue weighted by Crippen LogP contribution is 2.40. The van der Waals surface area contributed by atoms with Crippen LogP contribution in [0.3, 0.4) is 0 Å². The van der Waals surface area contributed by atoms with Gasteiger partial charge in [-0.2, -0.15) is 0 Å². The van der Waals surface area contributed by atoms with Gasteiger partial charge in [0.2, 0.25) is 0 Å². The first kappa shape index (κ1) is 38.2. The number of nitrogens with two attached hydrogens (primary N) is 2. The van der Waals surface area contributed by atoms with Crippen molar-refractivity contribution in [2.45, 2.75) is 90.0 Å². The van der Waals surface area contributed by atoms with Gasteiger partial charge in [0.15, 0.2) is 0 Å². The highest BCUT2D eigenvalue weighted by atomic mass is 16.6. The molecule has 4 unspecified atom stereocenters. The van der Waals surface area contributed by atoms with Crippen molar-refractivity contribution in [1.29, 1.82) is 0 Å². The number of hydrogen-bond acceptors (Lipinski definition) is 11. The molecule has 11 nitrogen and oxygen atoms in total. The summed E-state index contributed by atoms with van der Waals surface area (Å²) in [7, 11) is 0. The number of ether oxygens (including phenoxy) is 7. The molecule has 4 atom stereocenters. The molecule has 4 aliphatic heterocycles. The first-order chi connectivity index (χ1) is 24.4. The van der Waals surface area contributed by atoms with Gasteiger partial charge in [-0.05, 0) is 86.2 Å². The molecule has 3 aromatic carbocycles. The molecular weight excluding hydrogens is 652 g/mol. The van der Waals surface area contributed by atoms with Crippen LogP contribution in [0.4, 0.5) is 0 Å². The van der Waals surface area contributed by atoms with Crippen molar-refractivity contribution in [2.75, 3.05) is 39.6 Å². The van der Waals surface area contributed by atoms with Gasteiger partial charge in [0.1, 0.15) is 48.4 Å². The Hall–Kier alpha value is -4.00. The van der Waals surface area contributed by atoms with Crippen molar-refractivity contribution in [3.8, 4) is 23.0 Å². The van der Waals surface area contributed by atoms with Crippen LogP contribution in [-0.2, 0) is 42.1 Å². The number of aryl methyl sites for hydroxylation is 2. The molecule has 4 aliphatic rings. The molecule has 2 fully saturated rings. The molecule has 7 rings (SSSR count). The van der Waals surface area contributed by atoms with Gasteiger partial charge < -0.3 is 44.6 Å². The van der Waals surface area contributed by atoms with E-state index in [0.29, 0.717) is 63.6 Å². The predicted molar refractivity (Wildman–Crippen MR) is 193 cm³/mol. The fraction of sp³-hybridized carbons (Fsp3) is 0.500. The van der Waals surface area contributed by atoms with Gasteiger partial charge >= 0.3 is 11.9 Å². The standard InChI is InChI=1S/C21H24O4.C13H12O4.C6H16N2O/c1-21(2,15-3-7-17(8-4-15)22-11-19-13-24-19)16-5-9-18(10-6-16)23-12-20-14-25-20;1-7-12-8(2-4-10(14)16-12)6-9-3-5-11(15)17-13(7)9;1-5(7)3-9-4-6(2)8/h3-10,19-20H,11-14H2,1-2H3;6H,2-5H2,1H3;5-6H,3-4,7-8H2,1-2H3. The summed E-state index contributed by atoms with van der Waals surface area (Å²) in [5.41, 5.74) is 16.1. The molecule has 0 radical (unpaired) electrons. The monoisotopic (exact) mass is 704 g/mol. The van der Waals surface area contributed by atoms with Gasteiger partial charge in [-0.3, -0.25) is 9.59 Å². The summed E-state index contributed by atoms with van der Waals surface area (Å²) < 4.78 is 37.3. The number of rotatable bonds is 12. The largest absolute Gasteiger partial charge is 0.491 e. The summed E-state index contributed by atoms with van der Waals surface area (Å²) in [6.45, 7) is 14.2. The molecule has 0 bridgehead atoms. The first-order valence-corrected chi connectivity index (χ1v) is 17.7.